The topological polar surface area (TPSA) is 71.5 Å². The molecule has 3 rings (SSSR count). The molecule has 1 aromatic carbocycles. The number of anilines is 1. The predicted molar refractivity (Wildman–Crippen MR) is 101 cm³/mol. The number of benzene rings is 1. The van der Waals surface area contributed by atoms with Gasteiger partial charge in [-0.25, -0.2) is 23.4 Å². The number of rotatable bonds is 5. The second-order valence-electron chi connectivity index (χ2n) is 6.60. The molecule has 1 fully saturated rings. The van der Waals surface area contributed by atoms with Crippen molar-refractivity contribution < 1.29 is 23.1 Å². The molecule has 2 amide bonds. The molecule has 0 saturated heterocycles. The monoisotopic (exact) mass is 409 g/mol. The first-order valence-corrected chi connectivity index (χ1v) is 9.91. The van der Waals surface area contributed by atoms with Gasteiger partial charge in [-0.1, -0.05) is 19.3 Å². The summed E-state index contributed by atoms with van der Waals surface area (Å²) in [5, 5.41) is 4.83. The first-order valence-electron chi connectivity index (χ1n) is 9.03. The number of carbonyl (C=O) groups excluding carboxylic acids is 2. The zero-order valence-electron chi connectivity index (χ0n) is 15.4. The average Bonchev–Trinajstić information content (AvgIpc) is 3.17. The van der Waals surface area contributed by atoms with Crippen LogP contribution in [0.25, 0.3) is 0 Å². The zero-order valence-corrected chi connectivity index (χ0v) is 16.2. The Morgan fingerprint density at radius 3 is 2.68 bits per heavy atom. The van der Waals surface area contributed by atoms with Crippen LogP contribution in [-0.4, -0.2) is 35.0 Å². The number of halogens is 2. The van der Waals surface area contributed by atoms with Crippen molar-refractivity contribution in [3.63, 3.8) is 0 Å². The van der Waals surface area contributed by atoms with E-state index in [0.29, 0.717) is 5.01 Å². The van der Waals surface area contributed by atoms with Crippen molar-refractivity contribution in [1.29, 1.82) is 0 Å². The molecule has 150 valence electrons. The molecule has 9 heteroatoms. The first kappa shape index (κ1) is 20.2. The summed E-state index contributed by atoms with van der Waals surface area (Å²) in [6, 6.07) is 2.84. The molecule has 1 aliphatic rings. The van der Waals surface area contributed by atoms with E-state index in [1.807, 2.05) is 0 Å². The summed E-state index contributed by atoms with van der Waals surface area (Å²) in [5.41, 5.74) is 0.381. The largest absolute Gasteiger partial charge is 0.464 e. The van der Waals surface area contributed by atoms with Gasteiger partial charge in [-0.05, 0) is 25.0 Å². The van der Waals surface area contributed by atoms with Crippen molar-refractivity contribution in [2.75, 3.05) is 12.4 Å². The lowest BCUT2D eigenvalue weighted by Gasteiger charge is -2.33. The van der Waals surface area contributed by atoms with Crippen LogP contribution in [-0.2, 0) is 11.3 Å². The molecule has 0 atom stereocenters. The van der Waals surface area contributed by atoms with E-state index in [1.165, 1.54) is 24.5 Å². The van der Waals surface area contributed by atoms with Crippen molar-refractivity contribution in [1.82, 2.24) is 9.88 Å². The van der Waals surface area contributed by atoms with Crippen LogP contribution in [0.3, 0.4) is 0 Å². The van der Waals surface area contributed by atoms with E-state index in [1.54, 1.807) is 10.3 Å². The number of nitrogens with zero attached hydrogens (tertiary/aromatic N) is 2. The summed E-state index contributed by atoms with van der Waals surface area (Å²) >= 11 is 1.27. The molecule has 0 unspecified atom stereocenters. The Hall–Kier alpha value is -2.55. The molecule has 0 bridgehead atoms. The average molecular weight is 409 g/mol. The van der Waals surface area contributed by atoms with Gasteiger partial charge in [-0.2, -0.15) is 0 Å². The highest BCUT2D eigenvalue weighted by molar-refractivity contribution is 7.09. The fraction of sp³-hybridized carbons (Fsp3) is 0.421. The second-order valence-corrected chi connectivity index (χ2v) is 7.54. The fourth-order valence-corrected chi connectivity index (χ4v) is 4.02. The lowest BCUT2D eigenvalue weighted by atomic mass is 9.94. The Kier molecular flexibility index (Phi) is 6.56. The summed E-state index contributed by atoms with van der Waals surface area (Å²) < 4.78 is 31.2. The van der Waals surface area contributed by atoms with Crippen molar-refractivity contribution in [3.8, 4) is 0 Å². The standard InChI is InChI=1S/C19H21F2N3O3S/c1-27-18(25)16-11-28-17(23-16)10-24(13-5-3-2-4-6-13)19(26)22-12-7-8-14(20)15(21)9-12/h7-9,11,13H,2-6,10H2,1H3,(H,22,26). The Morgan fingerprint density at radius 2 is 2.00 bits per heavy atom. The molecule has 6 nitrogen and oxygen atoms in total. The van der Waals surface area contributed by atoms with Gasteiger partial charge < -0.3 is 15.0 Å². The van der Waals surface area contributed by atoms with E-state index in [2.05, 4.69) is 15.0 Å². The Morgan fingerprint density at radius 1 is 1.25 bits per heavy atom. The molecule has 1 aromatic heterocycles. The van der Waals surface area contributed by atoms with Crippen LogP contribution in [0, 0.1) is 11.6 Å². The molecule has 1 N–H and O–H groups in total. The van der Waals surface area contributed by atoms with E-state index in [0.717, 1.165) is 44.2 Å². The zero-order chi connectivity index (χ0) is 20.1. The van der Waals surface area contributed by atoms with Gasteiger partial charge in [0.25, 0.3) is 0 Å². The lowest BCUT2D eigenvalue weighted by Crippen LogP contribution is -2.43. The maximum atomic E-state index is 13.5. The van der Waals surface area contributed by atoms with Crippen molar-refractivity contribution in [3.05, 3.63) is 45.9 Å². The number of aromatic nitrogens is 1. The number of urea groups is 1. The quantitative estimate of drug-likeness (QED) is 0.734. The number of hydrogen-bond acceptors (Lipinski definition) is 5. The van der Waals surface area contributed by atoms with Crippen molar-refractivity contribution in [2.45, 2.75) is 44.7 Å². The first-order chi connectivity index (χ1) is 13.5. The highest BCUT2D eigenvalue weighted by atomic mass is 32.1. The highest BCUT2D eigenvalue weighted by Gasteiger charge is 2.27. The summed E-state index contributed by atoms with van der Waals surface area (Å²) in [6.45, 7) is 0.224. The third-order valence-electron chi connectivity index (χ3n) is 4.70. The normalized spacial score (nSPS) is 14.5. The molecular weight excluding hydrogens is 388 g/mol. The molecule has 2 aromatic rings. The third kappa shape index (κ3) is 4.83. The van der Waals surface area contributed by atoms with Crippen LogP contribution < -0.4 is 5.32 Å². The lowest BCUT2D eigenvalue weighted by molar-refractivity contribution is 0.0594. The van der Waals surface area contributed by atoms with E-state index < -0.39 is 23.6 Å². The summed E-state index contributed by atoms with van der Waals surface area (Å²) in [7, 11) is 1.28. The number of carbonyl (C=O) groups is 2. The van der Waals surface area contributed by atoms with Gasteiger partial charge in [0.05, 0.1) is 13.7 Å². The van der Waals surface area contributed by atoms with Crippen molar-refractivity contribution in [2.24, 2.45) is 0 Å². The van der Waals surface area contributed by atoms with Gasteiger partial charge in [-0.15, -0.1) is 11.3 Å². The maximum Gasteiger partial charge on any atom is 0.357 e. The second kappa shape index (κ2) is 9.09. The predicted octanol–water partition coefficient (Wildman–Crippen LogP) is 4.57. The maximum absolute atomic E-state index is 13.5. The number of esters is 1. The van der Waals surface area contributed by atoms with Gasteiger partial charge in [0.1, 0.15) is 5.01 Å². The number of ether oxygens (including phenoxy) is 1. The third-order valence-corrected chi connectivity index (χ3v) is 5.53. The number of thiazole rings is 1. The summed E-state index contributed by atoms with van der Waals surface area (Å²) in [4.78, 5) is 30.4. The van der Waals surface area contributed by atoms with Crippen LogP contribution in [0.15, 0.2) is 23.6 Å². The molecule has 0 spiro atoms. The molecule has 0 radical (unpaired) electrons. The van der Waals surface area contributed by atoms with E-state index in [-0.39, 0.29) is 24.0 Å². The Bertz CT molecular complexity index is 853. The van der Waals surface area contributed by atoms with Gasteiger partial charge in [0.15, 0.2) is 17.3 Å². The number of hydrogen-bond donors (Lipinski definition) is 1. The highest BCUT2D eigenvalue weighted by Crippen LogP contribution is 2.26. The van der Waals surface area contributed by atoms with Crippen LogP contribution in [0.5, 0.6) is 0 Å². The number of amides is 2. The molecule has 0 aliphatic heterocycles. The van der Waals surface area contributed by atoms with Gasteiger partial charge in [0.2, 0.25) is 0 Å². The molecule has 1 aliphatic carbocycles. The Balaban J connectivity index is 1.77. The van der Waals surface area contributed by atoms with Crippen LogP contribution >= 0.6 is 11.3 Å². The van der Waals surface area contributed by atoms with Crippen LogP contribution in [0.4, 0.5) is 19.3 Å². The molecule has 28 heavy (non-hydrogen) atoms. The fourth-order valence-electron chi connectivity index (χ4n) is 3.26. The SMILES string of the molecule is COC(=O)c1csc(CN(C(=O)Nc2ccc(F)c(F)c2)C2CCCCC2)n1. The van der Waals surface area contributed by atoms with E-state index >= 15 is 0 Å². The van der Waals surface area contributed by atoms with Crippen molar-refractivity contribution >= 4 is 29.0 Å². The summed E-state index contributed by atoms with van der Waals surface area (Å²) in [5.74, 6) is -2.53. The number of nitrogens with one attached hydrogen (secondary N) is 1. The molecule has 1 heterocycles. The smallest absolute Gasteiger partial charge is 0.357 e. The Labute approximate surface area is 165 Å². The van der Waals surface area contributed by atoms with Crippen LogP contribution in [0.1, 0.15) is 47.6 Å². The van der Waals surface area contributed by atoms with Gasteiger partial charge in [-0.3, -0.25) is 0 Å². The van der Waals surface area contributed by atoms with E-state index in [4.69, 9.17) is 0 Å². The van der Waals surface area contributed by atoms with E-state index in [9.17, 15) is 18.4 Å². The van der Waals surface area contributed by atoms with Gasteiger partial charge >= 0.3 is 12.0 Å². The minimum absolute atomic E-state index is 0.0181. The number of methoxy groups -OCH3 is 1. The molecule has 1 saturated carbocycles. The van der Waals surface area contributed by atoms with Gasteiger partial charge in [0, 0.05) is 23.2 Å². The minimum Gasteiger partial charge on any atom is -0.464 e. The minimum atomic E-state index is -1.02. The summed E-state index contributed by atoms with van der Waals surface area (Å²) in [6.07, 6.45) is 4.88. The van der Waals surface area contributed by atoms with Crippen LogP contribution in [0.2, 0.25) is 0 Å². The molecular formula is C19H21F2N3O3S.